The van der Waals surface area contributed by atoms with Gasteiger partial charge in [0.1, 0.15) is 0 Å². The number of aliphatic hydroxyl groups excluding tert-OH is 1. The molecule has 0 aromatic rings. The van der Waals surface area contributed by atoms with Gasteiger partial charge in [0.25, 0.3) is 0 Å². The molecule has 0 saturated heterocycles. The van der Waals surface area contributed by atoms with Crippen LogP contribution in [0.1, 0.15) is 20.3 Å². The summed E-state index contributed by atoms with van der Waals surface area (Å²) in [4.78, 5) is 2.20. The zero-order valence-electron chi connectivity index (χ0n) is 9.85. The molecule has 0 aromatic carbocycles. The molecule has 0 fully saturated rings. The first-order chi connectivity index (χ1) is 7.41. The Balaban J connectivity index is 3.47. The van der Waals surface area contributed by atoms with Crippen LogP contribution in [0.2, 0.25) is 0 Å². The highest BCUT2D eigenvalue weighted by Gasteiger charge is 2.37. The Morgan fingerprint density at radius 2 is 1.81 bits per heavy atom. The number of hydrogen-bond donors (Lipinski definition) is 2. The molecule has 0 rings (SSSR count). The molecular weight excluding hydrogens is 221 g/mol. The Kier molecular flexibility index (Phi) is 7.70. The molecule has 1 unspecified atom stereocenters. The molecule has 0 bridgehead atoms. The Morgan fingerprint density at radius 3 is 2.25 bits per heavy atom. The third-order valence-corrected chi connectivity index (χ3v) is 2.44. The highest BCUT2D eigenvalue weighted by molar-refractivity contribution is 4.68. The monoisotopic (exact) mass is 242 g/mol. The maximum atomic E-state index is 11.9. The number of hydrogen-bond acceptors (Lipinski definition) is 3. The topological polar surface area (TPSA) is 35.5 Å². The molecule has 0 aliphatic heterocycles. The summed E-state index contributed by atoms with van der Waals surface area (Å²) in [5, 5.41) is 11.3. The third-order valence-electron chi connectivity index (χ3n) is 2.44. The molecule has 16 heavy (non-hydrogen) atoms. The van der Waals surface area contributed by atoms with Crippen LogP contribution < -0.4 is 5.32 Å². The normalized spacial score (nSPS) is 14.4. The second-order valence-corrected chi connectivity index (χ2v) is 3.64. The van der Waals surface area contributed by atoms with E-state index >= 15 is 0 Å². The smallest absolute Gasteiger partial charge is 0.382 e. The van der Waals surface area contributed by atoms with E-state index in [9.17, 15) is 13.2 Å². The van der Waals surface area contributed by atoms with E-state index < -0.39 is 18.8 Å². The lowest BCUT2D eigenvalue weighted by Gasteiger charge is -2.18. The van der Waals surface area contributed by atoms with Gasteiger partial charge in [0.05, 0.1) is 0 Å². The van der Waals surface area contributed by atoms with Crippen LogP contribution in [0, 0.1) is 0 Å². The minimum absolute atomic E-state index is 0.429. The lowest BCUT2D eigenvalue weighted by Crippen LogP contribution is -2.39. The largest absolute Gasteiger partial charge is 0.415 e. The van der Waals surface area contributed by atoms with Gasteiger partial charge in [-0.3, -0.25) is 0 Å². The highest BCUT2D eigenvalue weighted by atomic mass is 19.4. The second-order valence-electron chi connectivity index (χ2n) is 3.64. The molecule has 6 heteroatoms. The molecule has 3 nitrogen and oxygen atoms in total. The molecule has 2 N–H and O–H groups in total. The van der Waals surface area contributed by atoms with Crippen molar-refractivity contribution in [1.29, 1.82) is 0 Å². The van der Waals surface area contributed by atoms with E-state index in [0.717, 1.165) is 26.1 Å². The second kappa shape index (κ2) is 7.86. The average Bonchev–Trinajstić information content (AvgIpc) is 2.21. The third kappa shape index (κ3) is 7.03. The summed E-state index contributed by atoms with van der Waals surface area (Å²) in [6, 6.07) is 0. The maximum Gasteiger partial charge on any atom is 0.415 e. The number of nitrogens with zero attached hydrogens (tertiary/aromatic N) is 1. The standard InChI is InChI=1S/C10H21F3N2O/c1-3-15(4-2)7-5-6-14-8-9(16)10(11,12)13/h9,14,16H,3-8H2,1-2H3. The first-order valence-electron chi connectivity index (χ1n) is 5.59. The fraction of sp³-hybridized carbons (Fsp3) is 1.00. The van der Waals surface area contributed by atoms with E-state index in [1.54, 1.807) is 0 Å². The van der Waals surface area contributed by atoms with Crippen molar-refractivity contribution in [1.82, 2.24) is 10.2 Å². The van der Waals surface area contributed by atoms with Crippen LogP contribution in [-0.4, -0.2) is 55.0 Å². The van der Waals surface area contributed by atoms with Crippen LogP contribution in [0.15, 0.2) is 0 Å². The molecule has 98 valence electrons. The quantitative estimate of drug-likeness (QED) is 0.628. The minimum atomic E-state index is -4.52. The molecule has 1 atom stereocenters. The van der Waals surface area contributed by atoms with Gasteiger partial charge in [0.15, 0.2) is 6.10 Å². The molecule has 0 spiro atoms. The van der Waals surface area contributed by atoms with E-state index in [4.69, 9.17) is 5.11 Å². The van der Waals surface area contributed by atoms with Crippen molar-refractivity contribution in [2.24, 2.45) is 0 Å². The summed E-state index contributed by atoms with van der Waals surface area (Å²) < 4.78 is 35.7. The van der Waals surface area contributed by atoms with E-state index in [-0.39, 0.29) is 0 Å². The van der Waals surface area contributed by atoms with E-state index in [1.807, 2.05) is 13.8 Å². The average molecular weight is 242 g/mol. The van der Waals surface area contributed by atoms with Gasteiger partial charge in [-0.1, -0.05) is 13.8 Å². The van der Waals surface area contributed by atoms with Crippen molar-refractivity contribution >= 4 is 0 Å². The Labute approximate surface area is 94.6 Å². The van der Waals surface area contributed by atoms with Crippen molar-refractivity contribution in [2.75, 3.05) is 32.7 Å². The number of nitrogens with one attached hydrogen (secondary N) is 1. The number of alkyl halides is 3. The minimum Gasteiger partial charge on any atom is -0.382 e. The highest BCUT2D eigenvalue weighted by Crippen LogP contribution is 2.18. The molecule has 0 amide bonds. The van der Waals surface area contributed by atoms with Gasteiger partial charge in [0, 0.05) is 6.54 Å². The first-order valence-corrected chi connectivity index (χ1v) is 5.59. The predicted octanol–water partition coefficient (Wildman–Crippen LogP) is 1.23. The molecule has 0 radical (unpaired) electrons. The van der Waals surface area contributed by atoms with E-state index in [0.29, 0.717) is 6.54 Å². The zero-order valence-corrected chi connectivity index (χ0v) is 9.85. The van der Waals surface area contributed by atoms with Crippen LogP contribution in [0.3, 0.4) is 0 Å². The predicted molar refractivity (Wildman–Crippen MR) is 57.3 cm³/mol. The van der Waals surface area contributed by atoms with Crippen molar-refractivity contribution < 1.29 is 18.3 Å². The van der Waals surface area contributed by atoms with Gasteiger partial charge in [-0.15, -0.1) is 0 Å². The summed E-state index contributed by atoms with van der Waals surface area (Å²) in [5.41, 5.74) is 0. The van der Waals surface area contributed by atoms with E-state index in [2.05, 4.69) is 10.2 Å². The van der Waals surface area contributed by atoms with Gasteiger partial charge in [-0.05, 0) is 32.6 Å². The fourth-order valence-electron chi connectivity index (χ4n) is 1.32. The van der Waals surface area contributed by atoms with Gasteiger partial charge in [0.2, 0.25) is 0 Å². The van der Waals surface area contributed by atoms with E-state index in [1.165, 1.54) is 0 Å². The molecule has 0 saturated carbocycles. The van der Waals surface area contributed by atoms with Crippen molar-refractivity contribution in [2.45, 2.75) is 32.5 Å². The Hall–Kier alpha value is -0.330. The summed E-state index contributed by atoms with van der Waals surface area (Å²) in [5.74, 6) is 0. The van der Waals surface area contributed by atoms with Crippen LogP contribution >= 0.6 is 0 Å². The number of rotatable bonds is 8. The molecule has 0 aliphatic carbocycles. The molecule has 0 heterocycles. The van der Waals surface area contributed by atoms with Gasteiger partial charge in [-0.25, -0.2) is 0 Å². The van der Waals surface area contributed by atoms with Crippen LogP contribution in [-0.2, 0) is 0 Å². The van der Waals surface area contributed by atoms with Crippen molar-refractivity contribution in [3.8, 4) is 0 Å². The lowest BCUT2D eigenvalue weighted by atomic mass is 10.3. The zero-order chi connectivity index (χ0) is 12.6. The van der Waals surface area contributed by atoms with Gasteiger partial charge in [-0.2, -0.15) is 13.2 Å². The summed E-state index contributed by atoms with van der Waals surface area (Å²) in [6.07, 6.45) is -6.00. The van der Waals surface area contributed by atoms with Crippen molar-refractivity contribution in [3.05, 3.63) is 0 Å². The van der Waals surface area contributed by atoms with Gasteiger partial charge >= 0.3 is 6.18 Å². The van der Waals surface area contributed by atoms with Gasteiger partial charge < -0.3 is 15.3 Å². The lowest BCUT2D eigenvalue weighted by molar-refractivity contribution is -0.201. The maximum absolute atomic E-state index is 11.9. The SMILES string of the molecule is CCN(CC)CCCNCC(O)C(F)(F)F. The Morgan fingerprint density at radius 1 is 1.25 bits per heavy atom. The van der Waals surface area contributed by atoms with Crippen LogP contribution in [0.4, 0.5) is 13.2 Å². The number of halogens is 3. The fourth-order valence-corrected chi connectivity index (χ4v) is 1.32. The first kappa shape index (κ1) is 15.7. The van der Waals surface area contributed by atoms with Crippen LogP contribution in [0.25, 0.3) is 0 Å². The summed E-state index contributed by atoms with van der Waals surface area (Å²) >= 11 is 0. The molecule has 0 aliphatic rings. The molecular formula is C10H21F3N2O. The van der Waals surface area contributed by atoms with Crippen LogP contribution in [0.5, 0.6) is 0 Å². The Bertz CT molecular complexity index is 172. The molecule has 0 aromatic heterocycles. The summed E-state index contributed by atoms with van der Waals surface area (Å²) in [6.45, 7) is 6.91. The van der Waals surface area contributed by atoms with Crippen molar-refractivity contribution in [3.63, 3.8) is 0 Å². The number of aliphatic hydroxyl groups is 1. The summed E-state index contributed by atoms with van der Waals surface area (Å²) in [7, 11) is 0.